The Bertz CT molecular complexity index is 1280. The lowest BCUT2D eigenvalue weighted by Gasteiger charge is -2.08. The van der Waals surface area contributed by atoms with Crippen molar-refractivity contribution in [3.05, 3.63) is 114 Å². The number of benzene rings is 4. The molecule has 1 heterocycles. The molecule has 0 unspecified atom stereocenters. The standard InChI is InChI=1S/C33H34O3/c34-33(35-29-23-22-26-17-10-11-20-28(26)24-29)32-31(36-32)30-21-13-12-19-27(30)18-9-4-2-1-3-6-14-25-15-7-5-8-16-25/h5,7-8,10-13,15-17,19-24,31-32H,1-4,6,9,14,18H2/t31-,32+/m0/s1. The van der Waals surface area contributed by atoms with Crippen LogP contribution >= 0.6 is 0 Å². The molecule has 0 spiro atoms. The smallest absolute Gasteiger partial charge is 0.343 e. The summed E-state index contributed by atoms with van der Waals surface area (Å²) in [5.41, 5.74) is 3.85. The third-order valence-electron chi connectivity index (χ3n) is 7.03. The Kier molecular flexibility index (Phi) is 8.10. The number of fused-ring (bicyclic) bond motifs is 1. The minimum Gasteiger partial charge on any atom is -0.425 e. The van der Waals surface area contributed by atoms with E-state index in [1.165, 1.54) is 49.7 Å². The van der Waals surface area contributed by atoms with E-state index >= 15 is 0 Å². The Labute approximate surface area is 214 Å². The van der Waals surface area contributed by atoms with Crippen molar-refractivity contribution in [1.29, 1.82) is 0 Å². The molecule has 1 saturated heterocycles. The zero-order valence-corrected chi connectivity index (χ0v) is 20.8. The van der Waals surface area contributed by atoms with E-state index in [0.717, 1.165) is 29.2 Å². The van der Waals surface area contributed by atoms with Crippen LogP contribution in [0.4, 0.5) is 0 Å². The number of esters is 1. The van der Waals surface area contributed by atoms with Gasteiger partial charge in [-0.25, -0.2) is 4.79 Å². The number of carbonyl (C=O) groups excluding carboxylic acids is 1. The summed E-state index contributed by atoms with van der Waals surface area (Å²) in [6, 6.07) is 32.9. The lowest BCUT2D eigenvalue weighted by atomic mass is 9.97. The molecular formula is C33H34O3. The highest BCUT2D eigenvalue weighted by Crippen LogP contribution is 2.41. The maximum absolute atomic E-state index is 12.7. The number of aryl methyl sites for hydroxylation is 2. The van der Waals surface area contributed by atoms with Gasteiger partial charge in [-0.3, -0.25) is 0 Å². The summed E-state index contributed by atoms with van der Waals surface area (Å²) < 4.78 is 11.4. The Morgan fingerprint density at radius 2 is 1.33 bits per heavy atom. The molecule has 0 amide bonds. The molecule has 0 saturated carbocycles. The molecule has 4 aromatic carbocycles. The van der Waals surface area contributed by atoms with Gasteiger partial charge >= 0.3 is 5.97 Å². The molecule has 4 aromatic rings. The number of hydrogen-bond acceptors (Lipinski definition) is 3. The minimum absolute atomic E-state index is 0.202. The molecule has 1 aliphatic heterocycles. The van der Waals surface area contributed by atoms with Crippen LogP contribution in [0.5, 0.6) is 5.75 Å². The predicted molar refractivity (Wildman–Crippen MR) is 145 cm³/mol. The molecule has 184 valence electrons. The van der Waals surface area contributed by atoms with Gasteiger partial charge in [0.2, 0.25) is 0 Å². The first-order valence-electron chi connectivity index (χ1n) is 13.3. The molecular weight excluding hydrogens is 444 g/mol. The Balaban J connectivity index is 1.05. The van der Waals surface area contributed by atoms with Crippen LogP contribution in [0, 0.1) is 0 Å². The highest BCUT2D eigenvalue weighted by Gasteiger charge is 2.48. The third kappa shape index (κ3) is 6.41. The summed E-state index contributed by atoms with van der Waals surface area (Å²) >= 11 is 0. The first-order valence-corrected chi connectivity index (χ1v) is 13.3. The first kappa shape index (κ1) is 24.3. The lowest BCUT2D eigenvalue weighted by Crippen LogP contribution is -2.15. The number of carbonyl (C=O) groups is 1. The lowest BCUT2D eigenvalue weighted by molar-refractivity contribution is -0.135. The van der Waals surface area contributed by atoms with Crippen molar-refractivity contribution in [3.8, 4) is 5.75 Å². The predicted octanol–water partition coefficient (Wildman–Crippen LogP) is 8.01. The van der Waals surface area contributed by atoms with Gasteiger partial charge in [0.1, 0.15) is 11.9 Å². The van der Waals surface area contributed by atoms with Gasteiger partial charge < -0.3 is 9.47 Å². The van der Waals surface area contributed by atoms with Crippen molar-refractivity contribution in [2.45, 2.75) is 63.6 Å². The summed E-state index contributed by atoms with van der Waals surface area (Å²) in [7, 11) is 0. The molecule has 0 bridgehead atoms. The Hall–Kier alpha value is -3.43. The number of unbranched alkanes of at least 4 members (excludes halogenated alkanes) is 5. The van der Waals surface area contributed by atoms with Crippen molar-refractivity contribution >= 4 is 16.7 Å². The summed E-state index contributed by atoms with van der Waals surface area (Å²) in [6.45, 7) is 0. The molecule has 1 aliphatic rings. The average Bonchev–Trinajstić information content (AvgIpc) is 3.72. The van der Waals surface area contributed by atoms with E-state index in [1.807, 2.05) is 48.5 Å². The van der Waals surface area contributed by atoms with Crippen molar-refractivity contribution in [2.24, 2.45) is 0 Å². The molecule has 5 rings (SSSR count). The van der Waals surface area contributed by atoms with Crippen LogP contribution < -0.4 is 4.74 Å². The van der Waals surface area contributed by atoms with Gasteiger partial charge in [-0.2, -0.15) is 0 Å². The molecule has 0 aliphatic carbocycles. The fourth-order valence-electron chi connectivity index (χ4n) is 4.97. The average molecular weight is 479 g/mol. The largest absolute Gasteiger partial charge is 0.425 e. The highest BCUT2D eigenvalue weighted by molar-refractivity contribution is 5.86. The normalized spacial score (nSPS) is 16.7. The van der Waals surface area contributed by atoms with E-state index in [1.54, 1.807) is 0 Å². The first-order chi connectivity index (χ1) is 17.8. The molecule has 3 nitrogen and oxygen atoms in total. The molecule has 3 heteroatoms. The summed E-state index contributed by atoms with van der Waals surface area (Å²) in [5, 5.41) is 2.18. The second kappa shape index (κ2) is 12.0. The topological polar surface area (TPSA) is 38.8 Å². The number of epoxide rings is 1. The van der Waals surface area contributed by atoms with Crippen molar-refractivity contribution in [3.63, 3.8) is 0 Å². The van der Waals surface area contributed by atoms with Crippen LogP contribution in [0.2, 0.25) is 0 Å². The van der Waals surface area contributed by atoms with E-state index in [-0.39, 0.29) is 12.1 Å². The molecule has 0 N–H and O–H groups in total. The van der Waals surface area contributed by atoms with E-state index in [2.05, 4.69) is 48.5 Å². The number of ether oxygens (including phenoxy) is 2. The van der Waals surface area contributed by atoms with Crippen LogP contribution in [0.1, 0.15) is 61.3 Å². The van der Waals surface area contributed by atoms with E-state index in [0.29, 0.717) is 5.75 Å². The van der Waals surface area contributed by atoms with Gasteiger partial charge in [-0.15, -0.1) is 0 Å². The summed E-state index contributed by atoms with van der Waals surface area (Å²) in [5.74, 6) is 0.241. The highest BCUT2D eigenvalue weighted by atomic mass is 16.6. The van der Waals surface area contributed by atoms with Crippen molar-refractivity contribution in [2.75, 3.05) is 0 Å². The second-order valence-corrected chi connectivity index (χ2v) is 9.71. The van der Waals surface area contributed by atoms with Crippen LogP contribution in [-0.2, 0) is 22.4 Å². The Morgan fingerprint density at radius 1 is 0.667 bits per heavy atom. The molecule has 36 heavy (non-hydrogen) atoms. The zero-order valence-electron chi connectivity index (χ0n) is 20.8. The van der Waals surface area contributed by atoms with Crippen LogP contribution in [0.15, 0.2) is 97.1 Å². The monoisotopic (exact) mass is 478 g/mol. The van der Waals surface area contributed by atoms with Crippen LogP contribution in [0.25, 0.3) is 10.8 Å². The number of rotatable bonds is 12. The van der Waals surface area contributed by atoms with E-state index in [9.17, 15) is 4.79 Å². The van der Waals surface area contributed by atoms with Gasteiger partial charge in [-0.1, -0.05) is 111 Å². The van der Waals surface area contributed by atoms with Crippen LogP contribution in [-0.4, -0.2) is 12.1 Å². The zero-order chi connectivity index (χ0) is 24.6. The van der Waals surface area contributed by atoms with Gasteiger partial charge in [0, 0.05) is 0 Å². The minimum atomic E-state index is -0.526. The fourth-order valence-corrected chi connectivity index (χ4v) is 4.97. The summed E-state index contributed by atoms with van der Waals surface area (Å²) in [4.78, 5) is 12.7. The molecule has 1 fully saturated rings. The van der Waals surface area contributed by atoms with E-state index in [4.69, 9.17) is 9.47 Å². The third-order valence-corrected chi connectivity index (χ3v) is 7.03. The second-order valence-electron chi connectivity index (χ2n) is 9.71. The van der Waals surface area contributed by atoms with Gasteiger partial charge in [0.05, 0.1) is 0 Å². The van der Waals surface area contributed by atoms with Crippen molar-refractivity contribution < 1.29 is 14.3 Å². The molecule has 0 radical (unpaired) electrons. The van der Waals surface area contributed by atoms with E-state index < -0.39 is 6.10 Å². The fraction of sp³-hybridized carbons (Fsp3) is 0.303. The molecule has 2 atom stereocenters. The maximum Gasteiger partial charge on any atom is 0.343 e. The number of hydrogen-bond donors (Lipinski definition) is 0. The van der Waals surface area contributed by atoms with Gasteiger partial charge in [0.25, 0.3) is 0 Å². The SMILES string of the molecule is O=C(Oc1ccc2ccccc2c1)[C@@H]1O[C@H]1c1ccccc1CCCCCCCCc1ccccc1. The van der Waals surface area contributed by atoms with Gasteiger partial charge in [-0.05, 0) is 65.3 Å². The van der Waals surface area contributed by atoms with Crippen LogP contribution in [0.3, 0.4) is 0 Å². The summed E-state index contributed by atoms with van der Waals surface area (Å²) in [6.07, 6.45) is 9.00. The maximum atomic E-state index is 12.7. The Morgan fingerprint density at radius 3 is 2.17 bits per heavy atom. The molecule has 0 aromatic heterocycles. The van der Waals surface area contributed by atoms with Crippen molar-refractivity contribution in [1.82, 2.24) is 0 Å². The van der Waals surface area contributed by atoms with Gasteiger partial charge in [0.15, 0.2) is 6.10 Å². The quantitative estimate of drug-likeness (QED) is 0.0896.